The number of ether oxygens (including phenoxy) is 2. The first kappa shape index (κ1) is 18.5. The SMILES string of the molecule is C[C@H](OC(=O)COc1ccc2ccccc2c1)C(=O)c1ccc(F)c(F)c1. The van der Waals surface area contributed by atoms with Crippen molar-refractivity contribution in [2.24, 2.45) is 0 Å². The van der Waals surface area contributed by atoms with Crippen molar-refractivity contribution in [3.63, 3.8) is 0 Å². The third-order valence-corrected chi connectivity index (χ3v) is 3.96. The molecule has 0 unspecified atom stereocenters. The van der Waals surface area contributed by atoms with E-state index >= 15 is 0 Å². The fourth-order valence-corrected chi connectivity index (χ4v) is 2.57. The summed E-state index contributed by atoms with van der Waals surface area (Å²) in [6, 6.07) is 15.8. The molecular formula is C21H16F2O4. The number of fused-ring (bicyclic) bond motifs is 1. The summed E-state index contributed by atoms with van der Waals surface area (Å²) in [7, 11) is 0. The molecule has 3 aromatic rings. The van der Waals surface area contributed by atoms with Crippen LogP contribution in [0.2, 0.25) is 0 Å². The smallest absolute Gasteiger partial charge is 0.344 e. The zero-order valence-electron chi connectivity index (χ0n) is 14.4. The minimum atomic E-state index is -1.15. The van der Waals surface area contributed by atoms with Gasteiger partial charge in [0.25, 0.3) is 0 Å². The molecule has 0 amide bonds. The van der Waals surface area contributed by atoms with Crippen molar-refractivity contribution in [1.29, 1.82) is 0 Å². The van der Waals surface area contributed by atoms with Crippen LogP contribution in [0, 0.1) is 11.6 Å². The van der Waals surface area contributed by atoms with Crippen LogP contribution in [0.4, 0.5) is 8.78 Å². The van der Waals surface area contributed by atoms with E-state index in [1.807, 2.05) is 30.3 Å². The Morgan fingerprint density at radius 2 is 1.67 bits per heavy atom. The Balaban J connectivity index is 1.57. The van der Waals surface area contributed by atoms with Gasteiger partial charge in [0.05, 0.1) is 0 Å². The van der Waals surface area contributed by atoms with Gasteiger partial charge in [-0.2, -0.15) is 0 Å². The summed E-state index contributed by atoms with van der Waals surface area (Å²) in [6.45, 7) is 0.977. The van der Waals surface area contributed by atoms with Gasteiger partial charge in [-0.25, -0.2) is 13.6 Å². The Morgan fingerprint density at radius 1 is 0.926 bits per heavy atom. The molecule has 0 aliphatic heterocycles. The van der Waals surface area contributed by atoms with Gasteiger partial charge in [0.2, 0.25) is 5.78 Å². The summed E-state index contributed by atoms with van der Waals surface area (Å²) in [4.78, 5) is 24.1. The number of halogens is 2. The highest BCUT2D eigenvalue weighted by molar-refractivity contribution is 6.00. The summed E-state index contributed by atoms with van der Waals surface area (Å²) >= 11 is 0. The average Bonchev–Trinajstić information content (AvgIpc) is 2.67. The molecular weight excluding hydrogens is 354 g/mol. The van der Waals surface area contributed by atoms with Crippen LogP contribution >= 0.6 is 0 Å². The van der Waals surface area contributed by atoms with Crippen LogP contribution in [0.15, 0.2) is 60.7 Å². The second-order valence-electron chi connectivity index (χ2n) is 5.92. The topological polar surface area (TPSA) is 52.6 Å². The Kier molecular flexibility index (Phi) is 5.45. The molecule has 3 aromatic carbocycles. The quantitative estimate of drug-likeness (QED) is 0.479. The van der Waals surface area contributed by atoms with E-state index in [4.69, 9.17) is 9.47 Å². The van der Waals surface area contributed by atoms with Crippen LogP contribution in [0.3, 0.4) is 0 Å². The Labute approximate surface area is 154 Å². The largest absolute Gasteiger partial charge is 0.482 e. The minimum absolute atomic E-state index is 0.0790. The van der Waals surface area contributed by atoms with Gasteiger partial charge in [-0.05, 0) is 48.0 Å². The molecule has 0 heterocycles. The molecule has 0 radical (unpaired) electrons. The third kappa shape index (κ3) is 4.47. The molecule has 0 aromatic heterocycles. The number of esters is 1. The maximum atomic E-state index is 13.2. The zero-order chi connectivity index (χ0) is 19.4. The highest BCUT2D eigenvalue weighted by Gasteiger charge is 2.21. The molecule has 3 rings (SSSR count). The summed E-state index contributed by atoms with van der Waals surface area (Å²) in [5.74, 6) is -3.08. The van der Waals surface area contributed by atoms with Gasteiger partial charge < -0.3 is 9.47 Å². The first-order valence-electron chi connectivity index (χ1n) is 8.24. The first-order valence-corrected chi connectivity index (χ1v) is 8.24. The van der Waals surface area contributed by atoms with E-state index in [0.717, 1.165) is 29.0 Å². The molecule has 0 saturated heterocycles. The molecule has 0 aliphatic carbocycles. The van der Waals surface area contributed by atoms with E-state index in [-0.39, 0.29) is 12.2 Å². The molecule has 6 heteroatoms. The van der Waals surface area contributed by atoms with Crippen molar-refractivity contribution in [2.75, 3.05) is 6.61 Å². The normalized spacial score (nSPS) is 11.8. The van der Waals surface area contributed by atoms with Crippen LogP contribution in [0.25, 0.3) is 10.8 Å². The van der Waals surface area contributed by atoms with Crippen LogP contribution in [-0.4, -0.2) is 24.5 Å². The summed E-state index contributed by atoms with van der Waals surface area (Å²) in [5, 5.41) is 2.00. The Bertz CT molecular complexity index is 1000. The number of benzene rings is 3. The van der Waals surface area contributed by atoms with E-state index in [0.29, 0.717) is 5.75 Å². The van der Waals surface area contributed by atoms with Crippen molar-refractivity contribution in [3.05, 3.63) is 77.9 Å². The first-order chi connectivity index (χ1) is 12.9. The molecule has 0 aliphatic rings. The fraction of sp³-hybridized carbons (Fsp3) is 0.143. The molecule has 0 bridgehead atoms. The fourth-order valence-electron chi connectivity index (χ4n) is 2.57. The van der Waals surface area contributed by atoms with E-state index in [1.165, 1.54) is 6.92 Å². The van der Waals surface area contributed by atoms with Gasteiger partial charge in [-0.1, -0.05) is 30.3 Å². The van der Waals surface area contributed by atoms with Crippen LogP contribution < -0.4 is 4.74 Å². The van der Waals surface area contributed by atoms with Gasteiger partial charge in [0, 0.05) is 5.56 Å². The number of rotatable bonds is 6. The summed E-state index contributed by atoms with van der Waals surface area (Å²) in [6.07, 6.45) is -1.15. The number of hydrogen-bond acceptors (Lipinski definition) is 4. The van der Waals surface area contributed by atoms with E-state index < -0.39 is 29.5 Å². The summed E-state index contributed by atoms with van der Waals surface area (Å²) in [5.41, 5.74) is -0.0790. The predicted octanol–water partition coefficient (Wildman–Crippen LogP) is 4.31. The predicted molar refractivity (Wildman–Crippen MR) is 95.7 cm³/mol. The lowest BCUT2D eigenvalue weighted by Gasteiger charge is -2.13. The molecule has 0 spiro atoms. The van der Waals surface area contributed by atoms with Crippen molar-refractivity contribution >= 4 is 22.5 Å². The van der Waals surface area contributed by atoms with Crippen molar-refractivity contribution in [2.45, 2.75) is 13.0 Å². The number of hydrogen-bond donors (Lipinski definition) is 0. The highest BCUT2D eigenvalue weighted by Crippen LogP contribution is 2.20. The monoisotopic (exact) mass is 370 g/mol. The van der Waals surface area contributed by atoms with Gasteiger partial charge in [-0.15, -0.1) is 0 Å². The van der Waals surface area contributed by atoms with Crippen molar-refractivity contribution < 1.29 is 27.8 Å². The van der Waals surface area contributed by atoms with Gasteiger partial charge in [-0.3, -0.25) is 4.79 Å². The maximum absolute atomic E-state index is 13.2. The standard InChI is InChI=1S/C21H16F2O4/c1-13(21(25)16-7-9-18(22)19(23)11-16)27-20(24)12-26-17-8-6-14-4-2-3-5-15(14)10-17/h2-11,13H,12H2,1H3/t13-/m0/s1. The number of Topliss-reactive ketones (excluding diaryl/α,β-unsaturated/α-hetero) is 1. The Hall–Kier alpha value is -3.28. The van der Waals surface area contributed by atoms with E-state index in [2.05, 4.69) is 0 Å². The van der Waals surface area contributed by atoms with Gasteiger partial charge in [0.1, 0.15) is 5.75 Å². The molecule has 0 saturated carbocycles. The van der Waals surface area contributed by atoms with Crippen LogP contribution in [0.5, 0.6) is 5.75 Å². The van der Waals surface area contributed by atoms with E-state index in [9.17, 15) is 18.4 Å². The third-order valence-electron chi connectivity index (χ3n) is 3.96. The molecule has 4 nitrogen and oxygen atoms in total. The lowest BCUT2D eigenvalue weighted by Crippen LogP contribution is -2.27. The molecule has 0 fully saturated rings. The van der Waals surface area contributed by atoms with Crippen LogP contribution in [-0.2, 0) is 9.53 Å². The van der Waals surface area contributed by atoms with Gasteiger partial charge >= 0.3 is 5.97 Å². The summed E-state index contributed by atoms with van der Waals surface area (Å²) < 4.78 is 36.6. The van der Waals surface area contributed by atoms with Gasteiger partial charge in [0.15, 0.2) is 24.3 Å². The number of ketones is 1. The zero-order valence-corrected chi connectivity index (χ0v) is 14.4. The number of carbonyl (C=O) groups excluding carboxylic acids is 2. The Morgan fingerprint density at radius 3 is 2.41 bits per heavy atom. The highest BCUT2D eigenvalue weighted by atomic mass is 19.2. The van der Waals surface area contributed by atoms with Crippen molar-refractivity contribution in [3.8, 4) is 5.75 Å². The second kappa shape index (κ2) is 7.95. The minimum Gasteiger partial charge on any atom is -0.482 e. The lowest BCUT2D eigenvalue weighted by atomic mass is 10.1. The maximum Gasteiger partial charge on any atom is 0.344 e. The van der Waals surface area contributed by atoms with Crippen molar-refractivity contribution in [1.82, 2.24) is 0 Å². The average molecular weight is 370 g/mol. The second-order valence-corrected chi connectivity index (χ2v) is 5.92. The lowest BCUT2D eigenvalue weighted by molar-refractivity contribution is -0.148. The van der Waals surface area contributed by atoms with E-state index in [1.54, 1.807) is 12.1 Å². The van der Waals surface area contributed by atoms with Crippen LogP contribution in [0.1, 0.15) is 17.3 Å². The number of carbonyl (C=O) groups is 2. The molecule has 138 valence electrons. The molecule has 0 N–H and O–H groups in total. The molecule has 27 heavy (non-hydrogen) atoms. The molecule has 1 atom stereocenters.